The lowest BCUT2D eigenvalue weighted by Crippen LogP contribution is -2.05. The van der Waals surface area contributed by atoms with Gasteiger partial charge in [-0.25, -0.2) is 0 Å². The highest BCUT2D eigenvalue weighted by molar-refractivity contribution is 5.42. The van der Waals surface area contributed by atoms with Gasteiger partial charge in [-0.1, -0.05) is 12.1 Å². The molecule has 1 heterocycles. The largest absolute Gasteiger partial charge is 0.508 e. The van der Waals surface area contributed by atoms with E-state index in [4.69, 9.17) is 0 Å². The lowest BCUT2D eigenvalue weighted by atomic mass is 10.1. The van der Waals surface area contributed by atoms with Crippen LogP contribution in [0.5, 0.6) is 5.75 Å². The van der Waals surface area contributed by atoms with Gasteiger partial charge in [0.2, 0.25) is 0 Å². The van der Waals surface area contributed by atoms with Gasteiger partial charge >= 0.3 is 0 Å². The number of benzene rings is 1. The first-order valence-electron chi connectivity index (χ1n) is 5.77. The Bertz CT molecular complexity index is 476. The SMILES string of the molecule is CCn1cc(NC(C)c2ccc(O)cc2)cn1. The molecule has 0 saturated heterocycles. The number of phenols is 1. The molecule has 0 aliphatic rings. The van der Waals surface area contributed by atoms with E-state index in [0.29, 0.717) is 5.75 Å². The van der Waals surface area contributed by atoms with Crippen molar-refractivity contribution in [2.24, 2.45) is 0 Å². The van der Waals surface area contributed by atoms with Crippen molar-refractivity contribution in [1.82, 2.24) is 9.78 Å². The van der Waals surface area contributed by atoms with Crippen molar-refractivity contribution in [2.75, 3.05) is 5.32 Å². The number of aromatic hydroxyl groups is 1. The molecule has 0 fully saturated rings. The molecular weight excluding hydrogens is 214 g/mol. The van der Waals surface area contributed by atoms with E-state index in [9.17, 15) is 5.11 Å². The van der Waals surface area contributed by atoms with Crippen LogP contribution in [0.4, 0.5) is 5.69 Å². The predicted molar refractivity (Wildman–Crippen MR) is 68.0 cm³/mol. The van der Waals surface area contributed by atoms with Crippen LogP contribution >= 0.6 is 0 Å². The van der Waals surface area contributed by atoms with Gasteiger partial charge in [-0.2, -0.15) is 5.10 Å². The average molecular weight is 231 g/mol. The Morgan fingerprint density at radius 3 is 2.65 bits per heavy atom. The molecule has 0 radical (unpaired) electrons. The molecule has 2 rings (SSSR count). The van der Waals surface area contributed by atoms with Crippen LogP contribution in [0.2, 0.25) is 0 Å². The van der Waals surface area contributed by atoms with Gasteiger partial charge in [-0.05, 0) is 31.5 Å². The zero-order valence-corrected chi connectivity index (χ0v) is 10.1. The van der Waals surface area contributed by atoms with E-state index in [1.165, 1.54) is 0 Å². The molecule has 17 heavy (non-hydrogen) atoms. The van der Waals surface area contributed by atoms with E-state index in [0.717, 1.165) is 17.8 Å². The van der Waals surface area contributed by atoms with Crippen molar-refractivity contribution in [1.29, 1.82) is 0 Å². The van der Waals surface area contributed by atoms with Crippen molar-refractivity contribution < 1.29 is 5.11 Å². The number of nitrogens with zero attached hydrogens (tertiary/aromatic N) is 2. The Labute approximate surface area is 101 Å². The van der Waals surface area contributed by atoms with Gasteiger partial charge in [-0.15, -0.1) is 0 Å². The third kappa shape index (κ3) is 2.78. The summed E-state index contributed by atoms with van der Waals surface area (Å²) in [5, 5.41) is 16.8. The van der Waals surface area contributed by atoms with Crippen LogP contribution in [0.1, 0.15) is 25.5 Å². The summed E-state index contributed by atoms with van der Waals surface area (Å²) in [5.41, 5.74) is 2.14. The van der Waals surface area contributed by atoms with E-state index in [1.54, 1.807) is 12.1 Å². The number of anilines is 1. The highest BCUT2D eigenvalue weighted by atomic mass is 16.3. The Hall–Kier alpha value is -1.97. The lowest BCUT2D eigenvalue weighted by Gasteiger charge is -2.13. The zero-order chi connectivity index (χ0) is 12.3. The molecule has 1 atom stereocenters. The summed E-state index contributed by atoms with van der Waals surface area (Å²) in [6.45, 7) is 5.01. The second-order valence-electron chi connectivity index (χ2n) is 4.04. The number of phenolic OH excluding ortho intramolecular Hbond substituents is 1. The van der Waals surface area contributed by atoms with Gasteiger partial charge in [0.1, 0.15) is 5.75 Å². The molecule has 90 valence electrons. The second-order valence-corrected chi connectivity index (χ2v) is 4.04. The molecule has 0 amide bonds. The first-order chi connectivity index (χ1) is 8.19. The summed E-state index contributed by atoms with van der Waals surface area (Å²) < 4.78 is 1.88. The van der Waals surface area contributed by atoms with E-state index in [2.05, 4.69) is 24.3 Å². The maximum absolute atomic E-state index is 9.23. The Morgan fingerprint density at radius 2 is 2.06 bits per heavy atom. The fourth-order valence-corrected chi connectivity index (χ4v) is 1.71. The average Bonchev–Trinajstić information content (AvgIpc) is 2.77. The van der Waals surface area contributed by atoms with Crippen LogP contribution < -0.4 is 5.32 Å². The van der Waals surface area contributed by atoms with Crippen LogP contribution in [0, 0.1) is 0 Å². The maximum Gasteiger partial charge on any atom is 0.115 e. The van der Waals surface area contributed by atoms with Gasteiger partial charge in [0.15, 0.2) is 0 Å². The van der Waals surface area contributed by atoms with Crippen LogP contribution in [-0.2, 0) is 6.54 Å². The Morgan fingerprint density at radius 1 is 1.35 bits per heavy atom. The standard InChI is InChI=1S/C13H17N3O/c1-3-16-9-12(8-14-16)15-10(2)11-4-6-13(17)7-5-11/h4-10,15,17H,3H2,1-2H3. The van der Waals surface area contributed by atoms with E-state index in [-0.39, 0.29) is 6.04 Å². The molecule has 1 aromatic carbocycles. The molecule has 1 unspecified atom stereocenters. The molecular formula is C13H17N3O. The molecule has 0 bridgehead atoms. The number of nitrogens with one attached hydrogen (secondary N) is 1. The van der Waals surface area contributed by atoms with Gasteiger partial charge in [0.25, 0.3) is 0 Å². The molecule has 0 aliphatic carbocycles. The van der Waals surface area contributed by atoms with Crippen molar-refractivity contribution >= 4 is 5.69 Å². The molecule has 0 aliphatic heterocycles. The number of hydrogen-bond acceptors (Lipinski definition) is 3. The summed E-state index contributed by atoms with van der Waals surface area (Å²) in [7, 11) is 0. The lowest BCUT2D eigenvalue weighted by molar-refractivity contribution is 0.475. The fourth-order valence-electron chi connectivity index (χ4n) is 1.71. The molecule has 0 saturated carbocycles. The third-order valence-electron chi connectivity index (χ3n) is 2.73. The quantitative estimate of drug-likeness (QED) is 0.850. The minimum Gasteiger partial charge on any atom is -0.508 e. The van der Waals surface area contributed by atoms with E-state index >= 15 is 0 Å². The van der Waals surface area contributed by atoms with Crippen molar-refractivity contribution in [2.45, 2.75) is 26.4 Å². The molecule has 2 aromatic rings. The van der Waals surface area contributed by atoms with Gasteiger partial charge in [0.05, 0.1) is 11.9 Å². The summed E-state index contributed by atoms with van der Waals surface area (Å²) in [4.78, 5) is 0. The van der Waals surface area contributed by atoms with Crippen LogP contribution in [0.25, 0.3) is 0 Å². The monoisotopic (exact) mass is 231 g/mol. The molecule has 4 heteroatoms. The summed E-state index contributed by atoms with van der Waals surface area (Å²) in [6, 6.07) is 7.41. The second kappa shape index (κ2) is 4.91. The molecule has 0 spiro atoms. The van der Waals surface area contributed by atoms with Crippen molar-refractivity contribution in [3.63, 3.8) is 0 Å². The topological polar surface area (TPSA) is 50.1 Å². The summed E-state index contributed by atoms with van der Waals surface area (Å²) in [6.07, 6.45) is 3.80. The third-order valence-corrected chi connectivity index (χ3v) is 2.73. The smallest absolute Gasteiger partial charge is 0.115 e. The van der Waals surface area contributed by atoms with Crippen LogP contribution in [0.3, 0.4) is 0 Å². The first kappa shape index (κ1) is 11.5. The normalized spacial score (nSPS) is 12.4. The van der Waals surface area contributed by atoms with E-state index < -0.39 is 0 Å². The molecule has 1 aromatic heterocycles. The highest BCUT2D eigenvalue weighted by Gasteiger charge is 2.06. The van der Waals surface area contributed by atoms with Crippen molar-refractivity contribution in [3.05, 3.63) is 42.2 Å². The summed E-state index contributed by atoms with van der Waals surface area (Å²) in [5.74, 6) is 0.291. The van der Waals surface area contributed by atoms with Gasteiger partial charge < -0.3 is 10.4 Å². The maximum atomic E-state index is 9.23. The molecule has 4 nitrogen and oxygen atoms in total. The number of aryl methyl sites for hydroxylation is 1. The van der Waals surface area contributed by atoms with Crippen molar-refractivity contribution in [3.8, 4) is 5.75 Å². The van der Waals surface area contributed by atoms with Crippen LogP contribution in [-0.4, -0.2) is 14.9 Å². The highest BCUT2D eigenvalue weighted by Crippen LogP contribution is 2.20. The fraction of sp³-hybridized carbons (Fsp3) is 0.308. The Kier molecular flexibility index (Phi) is 3.32. The Balaban J connectivity index is 2.05. The number of rotatable bonds is 4. The van der Waals surface area contributed by atoms with Gasteiger partial charge in [-0.3, -0.25) is 4.68 Å². The zero-order valence-electron chi connectivity index (χ0n) is 10.1. The number of aromatic nitrogens is 2. The summed E-state index contributed by atoms with van der Waals surface area (Å²) >= 11 is 0. The predicted octanol–water partition coefficient (Wildman–Crippen LogP) is 2.78. The van der Waals surface area contributed by atoms with E-state index in [1.807, 2.05) is 29.2 Å². The van der Waals surface area contributed by atoms with Crippen LogP contribution in [0.15, 0.2) is 36.7 Å². The molecule has 2 N–H and O–H groups in total. The van der Waals surface area contributed by atoms with Gasteiger partial charge in [0, 0.05) is 18.8 Å². The minimum absolute atomic E-state index is 0.185. The number of hydrogen-bond donors (Lipinski definition) is 2. The minimum atomic E-state index is 0.185. The first-order valence-corrected chi connectivity index (χ1v) is 5.77.